The summed E-state index contributed by atoms with van der Waals surface area (Å²) in [7, 11) is 1.69. The number of ether oxygens (including phenoxy) is 1. The fraction of sp³-hybridized carbons (Fsp3) is 0.471. The zero-order valence-corrected chi connectivity index (χ0v) is 14.3. The Hall–Kier alpha value is -2.41. The number of hydrogen-bond donors (Lipinski definition) is 2. The molecule has 0 amide bonds. The van der Waals surface area contributed by atoms with Gasteiger partial charge in [-0.25, -0.2) is 4.98 Å². The minimum Gasteiger partial charge on any atom is -0.496 e. The Labute approximate surface area is 140 Å². The minimum absolute atomic E-state index is 0.178. The van der Waals surface area contributed by atoms with Crippen molar-refractivity contribution in [1.29, 1.82) is 0 Å². The number of hydrogen-bond acceptors (Lipinski definition) is 6. The Kier molecular flexibility index (Phi) is 4.53. The predicted molar refractivity (Wildman–Crippen MR) is 92.2 cm³/mol. The van der Waals surface area contributed by atoms with Gasteiger partial charge in [0.05, 0.1) is 18.5 Å². The summed E-state index contributed by atoms with van der Waals surface area (Å²) in [5.41, 5.74) is 9.37. The Morgan fingerprint density at radius 2 is 2.25 bits per heavy atom. The van der Waals surface area contributed by atoms with Crippen LogP contribution in [-0.4, -0.2) is 40.1 Å². The third-order valence-corrected chi connectivity index (χ3v) is 4.59. The lowest BCUT2D eigenvalue weighted by molar-refractivity contribution is 0.319. The molecule has 0 bridgehead atoms. The second-order valence-corrected chi connectivity index (χ2v) is 6.32. The molecule has 1 aliphatic heterocycles. The van der Waals surface area contributed by atoms with Gasteiger partial charge in [-0.15, -0.1) is 0 Å². The average Bonchev–Trinajstić information content (AvgIpc) is 2.98. The maximum Gasteiger partial charge on any atom is 0.252 e. The predicted octanol–water partition coefficient (Wildman–Crippen LogP) is 1.36. The van der Waals surface area contributed by atoms with Gasteiger partial charge in [-0.2, -0.15) is 0 Å². The minimum atomic E-state index is -0.197. The Bertz CT molecular complexity index is 802. The number of methoxy groups -OCH3 is 1. The molecule has 0 spiro atoms. The molecule has 7 nitrogen and oxygen atoms in total. The summed E-state index contributed by atoms with van der Waals surface area (Å²) in [6.45, 7) is 6.58. The first-order valence-corrected chi connectivity index (χ1v) is 8.06. The van der Waals surface area contributed by atoms with Crippen molar-refractivity contribution in [3.63, 3.8) is 0 Å². The lowest BCUT2D eigenvalue weighted by atomic mass is 10.1. The van der Waals surface area contributed by atoms with Gasteiger partial charge in [-0.3, -0.25) is 19.7 Å². The fourth-order valence-electron chi connectivity index (χ4n) is 3.37. The Balaban J connectivity index is 1.74. The van der Waals surface area contributed by atoms with Crippen LogP contribution in [0.15, 0.2) is 17.1 Å². The molecule has 0 aromatic carbocycles. The number of nitrogens with zero attached hydrogens (tertiary/aromatic N) is 3. The van der Waals surface area contributed by atoms with Crippen LogP contribution in [0.5, 0.6) is 5.75 Å². The molecular weight excluding hydrogens is 306 g/mol. The van der Waals surface area contributed by atoms with E-state index in [9.17, 15) is 4.79 Å². The second kappa shape index (κ2) is 6.60. The molecule has 1 fully saturated rings. The monoisotopic (exact) mass is 329 g/mol. The van der Waals surface area contributed by atoms with Gasteiger partial charge < -0.3 is 10.5 Å². The molecule has 3 N–H and O–H groups in total. The number of nitrogens with two attached hydrogens (primary N) is 1. The molecule has 0 saturated carbocycles. The Morgan fingerprint density at radius 3 is 2.96 bits per heavy atom. The molecule has 2 aromatic rings. The van der Waals surface area contributed by atoms with Crippen molar-refractivity contribution in [1.82, 2.24) is 19.9 Å². The van der Waals surface area contributed by atoms with E-state index in [1.807, 2.05) is 20.0 Å². The van der Waals surface area contributed by atoms with E-state index in [0.717, 1.165) is 54.3 Å². The summed E-state index contributed by atoms with van der Waals surface area (Å²) < 4.78 is 5.48. The van der Waals surface area contributed by atoms with Crippen LogP contribution in [0.1, 0.15) is 34.9 Å². The number of aromatic amines is 1. The van der Waals surface area contributed by atoms with Crippen molar-refractivity contribution < 1.29 is 4.74 Å². The molecule has 7 heteroatoms. The normalized spacial score (nSPS) is 18.0. The largest absolute Gasteiger partial charge is 0.496 e. The zero-order valence-electron chi connectivity index (χ0n) is 14.3. The highest BCUT2D eigenvalue weighted by Crippen LogP contribution is 2.29. The van der Waals surface area contributed by atoms with Gasteiger partial charge in [-0.1, -0.05) is 0 Å². The fourth-order valence-corrected chi connectivity index (χ4v) is 3.37. The molecule has 128 valence electrons. The van der Waals surface area contributed by atoms with Crippen LogP contribution in [0.25, 0.3) is 0 Å². The number of pyridine rings is 1. The molecule has 2 aromatic heterocycles. The van der Waals surface area contributed by atoms with E-state index in [-0.39, 0.29) is 17.4 Å². The van der Waals surface area contributed by atoms with Gasteiger partial charge in [0.1, 0.15) is 5.75 Å². The highest BCUT2D eigenvalue weighted by atomic mass is 16.5. The van der Waals surface area contributed by atoms with Gasteiger partial charge >= 0.3 is 0 Å². The van der Waals surface area contributed by atoms with Gasteiger partial charge in [0.15, 0.2) is 0 Å². The molecule has 0 aliphatic carbocycles. The van der Waals surface area contributed by atoms with Crippen LogP contribution in [0, 0.1) is 13.8 Å². The molecule has 3 heterocycles. The van der Waals surface area contributed by atoms with Crippen LogP contribution < -0.4 is 16.0 Å². The molecule has 0 radical (unpaired) electrons. The summed E-state index contributed by atoms with van der Waals surface area (Å²) in [6, 6.07) is 1.54. The van der Waals surface area contributed by atoms with Crippen molar-refractivity contribution in [3.05, 3.63) is 45.1 Å². The number of nitrogens with one attached hydrogen (secondary N) is 1. The zero-order chi connectivity index (χ0) is 17.3. The SMILES string of the molecule is COc1c(C)cnc(CN2CCC(c3cc(=O)[nH]c(N)n3)C2)c1C. The topological polar surface area (TPSA) is 97.1 Å². The van der Waals surface area contributed by atoms with Gasteiger partial charge in [0, 0.05) is 42.4 Å². The van der Waals surface area contributed by atoms with Crippen molar-refractivity contribution >= 4 is 5.95 Å². The maximum absolute atomic E-state index is 11.6. The van der Waals surface area contributed by atoms with Crippen LogP contribution >= 0.6 is 0 Å². The van der Waals surface area contributed by atoms with Crippen molar-refractivity contribution in [2.45, 2.75) is 32.7 Å². The van der Waals surface area contributed by atoms with Crippen molar-refractivity contribution in [2.75, 3.05) is 25.9 Å². The number of anilines is 1. The third-order valence-electron chi connectivity index (χ3n) is 4.59. The maximum atomic E-state index is 11.6. The van der Waals surface area contributed by atoms with Gasteiger partial charge in [0.25, 0.3) is 5.56 Å². The summed E-state index contributed by atoms with van der Waals surface area (Å²) in [5, 5.41) is 0. The smallest absolute Gasteiger partial charge is 0.252 e. The molecule has 1 saturated heterocycles. The number of H-pyrrole nitrogens is 1. The second-order valence-electron chi connectivity index (χ2n) is 6.32. The lowest BCUT2D eigenvalue weighted by Crippen LogP contribution is -2.22. The van der Waals surface area contributed by atoms with Gasteiger partial charge in [-0.05, 0) is 26.8 Å². The van der Waals surface area contributed by atoms with E-state index in [2.05, 4.69) is 19.9 Å². The highest BCUT2D eigenvalue weighted by Gasteiger charge is 2.26. The van der Waals surface area contributed by atoms with Crippen molar-refractivity contribution in [2.24, 2.45) is 0 Å². The Morgan fingerprint density at radius 1 is 1.46 bits per heavy atom. The van der Waals surface area contributed by atoms with E-state index < -0.39 is 0 Å². The number of nitrogen functional groups attached to an aromatic ring is 1. The number of aryl methyl sites for hydroxylation is 1. The standard InChI is InChI=1S/C17H23N5O2/c1-10-7-19-14(11(2)16(10)24-3)9-22-5-4-12(8-22)13-6-15(23)21-17(18)20-13/h6-7,12H,4-5,8-9H2,1-3H3,(H3,18,20,21,23). The highest BCUT2D eigenvalue weighted by molar-refractivity contribution is 5.41. The first-order valence-electron chi connectivity index (χ1n) is 8.06. The summed E-state index contributed by atoms with van der Waals surface area (Å²) >= 11 is 0. The summed E-state index contributed by atoms with van der Waals surface area (Å²) in [6.07, 6.45) is 2.81. The molecular formula is C17H23N5O2. The van der Waals surface area contributed by atoms with E-state index in [1.165, 1.54) is 0 Å². The first kappa shape index (κ1) is 16.4. The number of rotatable bonds is 4. The van der Waals surface area contributed by atoms with E-state index in [4.69, 9.17) is 10.5 Å². The van der Waals surface area contributed by atoms with Crippen LogP contribution in [0.2, 0.25) is 0 Å². The van der Waals surface area contributed by atoms with E-state index >= 15 is 0 Å². The molecule has 24 heavy (non-hydrogen) atoms. The van der Waals surface area contributed by atoms with E-state index in [1.54, 1.807) is 13.2 Å². The van der Waals surface area contributed by atoms with Crippen LogP contribution in [0.3, 0.4) is 0 Å². The lowest BCUT2D eigenvalue weighted by Gasteiger charge is -2.18. The summed E-state index contributed by atoms with van der Waals surface area (Å²) in [5.74, 6) is 1.30. The quantitative estimate of drug-likeness (QED) is 0.879. The molecule has 1 atom stereocenters. The van der Waals surface area contributed by atoms with Crippen molar-refractivity contribution in [3.8, 4) is 5.75 Å². The molecule has 1 aliphatic rings. The molecule has 1 unspecified atom stereocenters. The number of likely N-dealkylation sites (tertiary alicyclic amines) is 1. The molecule has 3 rings (SSSR count). The van der Waals surface area contributed by atoms with Crippen LogP contribution in [-0.2, 0) is 6.54 Å². The first-order chi connectivity index (χ1) is 11.5. The van der Waals surface area contributed by atoms with Crippen LogP contribution in [0.4, 0.5) is 5.95 Å². The van der Waals surface area contributed by atoms with E-state index in [0.29, 0.717) is 0 Å². The number of aromatic nitrogens is 3. The third kappa shape index (κ3) is 3.26. The van der Waals surface area contributed by atoms with Gasteiger partial charge in [0.2, 0.25) is 5.95 Å². The average molecular weight is 329 g/mol. The summed E-state index contributed by atoms with van der Waals surface area (Å²) in [4.78, 5) is 25.2.